The van der Waals surface area contributed by atoms with E-state index in [2.05, 4.69) is 10.00 Å². The molecule has 25 heavy (non-hydrogen) atoms. The van der Waals surface area contributed by atoms with Gasteiger partial charge >= 0.3 is 12.1 Å². The van der Waals surface area contributed by atoms with Gasteiger partial charge in [0.05, 0.1) is 11.6 Å². The minimum Gasteiger partial charge on any atom is -0.478 e. The fourth-order valence-electron chi connectivity index (χ4n) is 3.14. The van der Waals surface area contributed by atoms with Crippen molar-refractivity contribution in [2.75, 3.05) is 13.1 Å². The molecule has 134 valence electrons. The molecule has 0 saturated carbocycles. The van der Waals surface area contributed by atoms with Crippen molar-refractivity contribution in [3.05, 3.63) is 53.3 Å². The summed E-state index contributed by atoms with van der Waals surface area (Å²) in [4.78, 5) is 13.2. The standard InChI is InChI=1S/C17H18F3N3O2/c18-17(19,20)15-6-8-23(21-15)14-5-2-7-22(11-14)10-12-3-1-4-13(9-12)16(24)25/h1,3-4,6,8-9,14H,2,5,7,10-11H2,(H,24,25). The third-order valence-corrected chi connectivity index (χ3v) is 4.33. The number of halogens is 3. The Morgan fingerprint density at radius 3 is 2.80 bits per heavy atom. The van der Waals surface area contributed by atoms with Gasteiger partial charge in [0.15, 0.2) is 5.69 Å². The fourth-order valence-corrected chi connectivity index (χ4v) is 3.14. The van der Waals surface area contributed by atoms with Crippen molar-refractivity contribution >= 4 is 5.97 Å². The molecule has 5 nitrogen and oxygen atoms in total. The molecule has 1 fully saturated rings. The highest BCUT2D eigenvalue weighted by atomic mass is 19.4. The average molecular weight is 353 g/mol. The van der Waals surface area contributed by atoms with Crippen LogP contribution in [0.25, 0.3) is 0 Å². The lowest BCUT2D eigenvalue weighted by molar-refractivity contribution is -0.141. The third kappa shape index (κ3) is 4.19. The Balaban J connectivity index is 1.68. The van der Waals surface area contributed by atoms with E-state index >= 15 is 0 Å². The summed E-state index contributed by atoms with van der Waals surface area (Å²) in [6.45, 7) is 1.96. The van der Waals surface area contributed by atoms with Crippen molar-refractivity contribution in [3.8, 4) is 0 Å². The molecule has 1 aromatic carbocycles. The van der Waals surface area contributed by atoms with Crippen molar-refractivity contribution in [3.63, 3.8) is 0 Å². The van der Waals surface area contributed by atoms with Crippen LogP contribution < -0.4 is 0 Å². The number of hydrogen-bond acceptors (Lipinski definition) is 3. The molecule has 1 N–H and O–H groups in total. The first kappa shape index (κ1) is 17.5. The number of alkyl halides is 3. The Kier molecular flexibility index (Phi) is 4.80. The lowest BCUT2D eigenvalue weighted by atomic mass is 10.0. The molecule has 0 amide bonds. The molecular formula is C17H18F3N3O2. The summed E-state index contributed by atoms with van der Waals surface area (Å²) in [5.41, 5.74) is 0.226. The van der Waals surface area contributed by atoms with Gasteiger partial charge < -0.3 is 5.11 Å². The number of rotatable bonds is 4. The smallest absolute Gasteiger partial charge is 0.435 e. The molecule has 1 aromatic heterocycles. The van der Waals surface area contributed by atoms with E-state index in [1.54, 1.807) is 12.1 Å². The molecule has 1 saturated heterocycles. The number of carbonyl (C=O) groups is 1. The lowest BCUT2D eigenvalue weighted by Crippen LogP contribution is -2.36. The number of aromatic carboxylic acids is 1. The molecule has 8 heteroatoms. The lowest BCUT2D eigenvalue weighted by Gasteiger charge is -2.33. The highest BCUT2D eigenvalue weighted by Gasteiger charge is 2.34. The van der Waals surface area contributed by atoms with E-state index in [9.17, 15) is 18.0 Å². The van der Waals surface area contributed by atoms with E-state index in [0.717, 1.165) is 31.0 Å². The van der Waals surface area contributed by atoms with E-state index in [4.69, 9.17) is 5.11 Å². The van der Waals surface area contributed by atoms with Crippen LogP contribution >= 0.6 is 0 Å². The maximum absolute atomic E-state index is 12.7. The van der Waals surface area contributed by atoms with Crippen LogP contribution in [0.3, 0.4) is 0 Å². The van der Waals surface area contributed by atoms with Crippen LogP contribution in [0.4, 0.5) is 13.2 Å². The van der Waals surface area contributed by atoms with Crippen LogP contribution in [0.1, 0.15) is 40.5 Å². The zero-order chi connectivity index (χ0) is 18.0. The van der Waals surface area contributed by atoms with Gasteiger partial charge in [-0.25, -0.2) is 4.79 Å². The van der Waals surface area contributed by atoms with E-state index in [-0.39, 0.29) is 11.6 Å². The highest BCUT2D eigenvalue weighted by molar-refractivity contribution is 5.87. The first-order chi connectivity index (χ1) is 11.8. The Bertz CT molecular complexity index is 758. The van der Waals surface area contributed by atoms with Crippen molar-refractivity contribution in [2.24, 2.45) is 0 Å². The van der Waals surface area contributed by atoms with Gasteiger partial charge in [-0.1, -0.05) is 12.1 Å². The minimum absolute atomic E-state index is 0.118. The number of piperidine rings is 1. The Morgan fingerprint density at radius 2 is 2.12 bits per heavy atom. The molecule has 1 unspecified atom stereocenters. The molecular weight excluding hydrogens is 335 g/mol. The topological polar surface area (TPSA) is 58.4 Å². The first-order valence-electron chi connectivity index (χ1n) is 8.00. The molecule has 2 heterocycles. The normalized spacial score (nSPS) is 19.1. The summed E-state index contributed by atoms with van der Waals surface area (Å²) in [7, 11) is 0. The van der Waals surface area contributed by atoms with Gasteiger partial charge in [0.1, 0.15) is 0 Å². The van der Waals surface area contributed by atoms with Crippen molar-refractivity contribution < 1.29 is 23.1 Å². The molecule has 3 rings (SSSR count). The van der Waals surface area contributed by atoms with Crippen molar-refractivity contribution in [2.45, 2.75) is 31.6 Å². The predicted molar refractivity (Wildman–Crippen MR) is 84.2 cm³/mol. The number of carboxylic acids is 1. The molecule has 0 bridgehead atoms. The van der Waals surface area contributed by atoms with E-state index in [1.165, 1.54) is 16.9 Å². The first-order valence-corrected chi connectivity index (χ1v) is 8.00. The second-order valence-corrected chi connectivity index (χ2v) is 6.22. The van der Waals surface area contributed by atoms with E-state index in [0.29, 0.717) is 13.1 Å². The summed E-state index contributed by atoms with van der Waals surface area (Å²) in [5, 5.41) is 12.7. The van der Waals surface area contributed by atoms with Gasteiger partial charge in [0.2, 0.25) is 0 Å². The Morgan fingerprint density at radius 1 is 1.32 bits per heavy atom. The largest absolute Gasteiger partial charge is 0.478 e. The Hall–Kier alpha value is -2.35. The van der Waals surface area contributed by atoms with Crippen LogP contribution in [0.15, 0.2) is 36.5 Å². The van der Waals surface area contributed by atoms with Crippen LogP contribution in [0.2, 0.25) is 0 Å². The van der Waals surface area contributed by atoms with Gasteiger partial charge in [-0.3, -0.25) is 9.58 Å². The maximum Gasteiger partial charge on any atom is 0.435 e. The number of benzene rings is 1. The number of hydrogen-bond donors (Lipinski definition) is 1. The van der Waals surface area contributed by atoms with Gasteiger partial charge in [0, 0.05) is 19.3 Å². The number of aromatic nitrogens is 2. The van der Waals surface area contributed by atoms with Crippen molar-refractivity contribution in [1.82, 2.24) is 14.7 Å². The summed E-state index contributed by atoms with van der Waals surface area (Å²) < 4.78 is 39.5. The number of carboxylic acid groups (broad SMARTS) is 1. The zero-order valence-electron chi connectivity index (χ0n) is 13.4. The summed E-state index contributed by atoms with van der Waals surface area (Å²) in [5.74, 6) is -0.977. The van der Waals surface area contributed by atoms with Crippen LogP contribution in [-0.2, 0) is 12.7 Å². The monoisotopic (exact) mass is 353 g/mol. The molecule has 1 aliphatic heterocycles. The van der Waals surface area contributed by atoms with Crippen LogP contribution in [-0.4, -0.2) is 38.8 Å². The predicted octanol–water partition coefficient (Wildman–Crippen LogP) is 3.44. The molecule has 1 atom stereocenters. The number of likely N-dealkylation sites (tertiary alicyclic amines) is 1. The molecule has 2 aromatic rings. The third-order valence-electron chi connectivity index (χ3n) is 4.33. The van der Waals surface area contributed by atoms with Crippen molar-refractivity contribution in [1.29, 1.82) is 0 Å². The number of nitrogens with zero attached hydrogens (tertiary/aromatic N) is 3. The summed E-state index contributed by atoms with van der Waals surface area (Å²) >= 11 is 0. The summed E-state index contributed by atoms with van der Waals surface area (Å²) in [6, 6.07) is 7.59. The van der Waals surface area contributed by atoms with Gasteiger partial charge in [-0.2, -0.15) is 18.3 Å². The zero-order valence-corrected chi connectivity index (χ0v) is 13.4. The Labute approximate surface area is 142 Å². The maximum atomic E-state index is 12.7. The fraction of sp³-hybridized carbons (Fsp3) is 0.412. The van der Waals surface area contributed by atoms with E-state index in [1.807, 2.05) is 6.07 Å². The quantitative estimate of drug-likeness (QED) is 0.915. The highest BCUT2D eigenvalue weighted by Crippen LogP contribution is 2.29. The van der Waals surface area contributed by atoms with Crippen LogP contribution in [0, 0.1) is 0 Å². The molecule has 0 aliphatic carbocycles. The second-order valence-electron chi connectivity index (χ2n) is 6.22. The van der Waals surface area contributed by atoms with E-state index < -0.39 is 17.8 Å². The molecule has 0 radical (unpaired) electrons. The summed E-state index contributed by atoms with van der Waals surface area (Å²) in [6.07, 6.45) is -1.44. The molecule has 0 spiro atoms. The van der Waals surface area contributed by atoms with Crippen LogP contribution in [0.5, 0.6) is 0 Å². The average Bonchev–Trinajstić information content (AvgIpc) is 3.06. The minimum atomic E-state index is -4.43. The van der Waals surface area contributed by atoms with Gasteiger partial charge in [-0.05, 0) is 43.1 Å². The second kappa shape index (κ2) is 6.87. The van der Waals surface area contributed by atoms with Gasteiger partial charge in [-0.15, -0.1) is 0 Å². The molecule has 1 aliphatic rings. The van der Waals surface area contributed by atoms with Gasteiger partial charge in [0.25, 0.3) is 0 Å². The SMILES string of the molecule is O=C(O)c1cccc(CN2CCCC(n3ccc(C(F)(F)F)n3)C2)c1.